The van der Waals surface area contributed by atoms with Crippen LogP contribution in [0.3, 0.4) is 0 Å². The van der Waals surface area contributed by atoms with E-state index >= 15 is 0 Å². The second-order valence-electron chi connectivity index (χ2n) is 5.15. The Kier molecular flexibility index (Phi) is 4.06. The molecule has 1 aromatic carbocycles. The van der Waals surface area contributed by atoms with Gasteiger partial charge >= 0.3 is 0 Å². The van der Waals surface area contributed by atoms with E-state index in [9.17, 15) is 0 Å². The van der Waals surface area contributed by atoms with E-state index in [0.717, 1.165) is 13.1 Å². The zero-order valence-corrected chi connectivity index (χ0v) is 11.3. The van der Waals surface area contributed by atoms with E-state index in [2.05, 4.69) is 49.2 Å². The van der Waals surface area contributed by atoms with Crippen molar-refractivity contribution in [2.24, 2.45) is 0 Å². The van der Waals surface area contributed by atoms with Gasteiger partial charge in [0.25, 0.3) is 0 Å². The van der Waals surface area contributed by atoms with Crippen molar-refractivity contribution in [3.63, 3.8) is 0 Å². The molecule has 1 atom stereocenters. The van der Waals surface area contributed by atoms with Crippen LogP contribution in [-0.4, -0.2) is 25.7 Å². The predicted octanol–water partition coefficient (Wildman–Crippen LogP) is 2.88. The molecule has 2 nitrogen and oxygen atoms in total. The zero-order valence-electron chi connectivity index (χ0n) is 11.3. The van der Waals surface area contributed by atoms with Crippen LogP contribution in [0.1, 0.15) is 30.9 Å². The quantitative estimate of drug-likeness (QED) is 0.843. The van der Waals surface area contributed by atoms with Gasteiger partial charge in [-0.2, -0.15) is 0 Å². The molecule has 1 saturated heterocycles. The molecule has 1 aliphatic heterocycles. The third-order valence-corrected chi connectivity index (χ3v) is 3.66. The van der Waals surface area contributed by atoms with Gasteiger partial charge in [0.15, 0.2) is 0 Å². The summed E-state index contributed by atoms with van der Waals surface area (Å²) in [5.41, 5.74) is 4.17. The van der Waals surface area contributed by atoms with Gasteiger partial charge in [-0.15, -0.1) is 0 Å². The number of nitrogens with one attached hydrogen (secondary N) is 1. The number of benzene rings is 1. The first kappa shape index (κ1) is 12.4. The summed E-state index contributed by atoms with van der Waals surface area (Å²) < 4.78 is 0. The Bertz CT molecular complexity index is 373. The number of nitrogens with zero attached hydrogens (tertiary/aromatic N) is 1. The summed E-state index contributed by atoms with van der Waals surface area (Å²) in [4.78, 5) is 2.54. The highest BCUT2D eigenvalue weighted by molar-refractivity contribution is 5.54. The molecule has 0 saturated carbocycles. The van der Waals surface area contributed by atoms with Crippen molar-refractivity contribution >= 4 is 5.69 Å². The van der Waals surface area contributed by atoms with E-state index in [4.69, 9.17) is 0 Å². The first-order valence-corrected chi connectivity index (χ1v) is 6.76. The number of aryl methyl sites for hydroxylation is 2. The van der Waals surface area contributed by atoms with E-state index < -0.39 is 0 Å². The minimum atomic E-state index is 0.637. The lowest BCUT2D eigenvalue weighted by atomic mass is 10.1. The molecule has 0 spiro atoms. The number of hydrogen-bond donors (Lipinski definition) is 1. The van der Waals surface area contributed by atoms with Crippen LogP contribution in [0.5, 0.6) is 0 Å². The van der Waals surface area contributed by atoms with Gasteiger partial charge in [-0.25, -0.2) is 0 Å². The second-order valence-corrected chi connectivity index (χ2v) is 5.15. The molecule has 2 rings (SSSR count). The topological polar surface area (TPSA) is 15.3 Å². The highest BCUT2D eigenvalue weighted by Crippen LogP contribution is 2.22. The molecule has 17 heavy (non-hydrogen) atoms. The van der Waals surface area contributed by atoms with Crippen molar-refractivity contribution in [2.75, 3.05) is 24.5 Å². The minimum Gasteiger partial charge on any atom is -0.370 e. The van der Waals surface area contributed by atoms with Gasteiger partial charge in [0, 0.05) is 24.8 Å². The maximum absolute atomic E-state index is 3.62. The Hall–Kier alpha value is -1.02. The molecule has 0 aromatic heterocycles. The zero-order chi connectivity index (χ0) is 12.3. The fourth-order valence-electron chi connectivity index (χ4n) is 2.65. The average molecular weight is 232 g/mol. The molecule has 0 amide bonds. The second kappa shape index (κ2) is 5.54. The van der Waals surface area contributed by atoms with Gasteiger partial charge in [0.2, 0.25) is 0 Å². The summed E-state index contributed by atoms with van der Waals surface area (Å²) in [5, 5.41) is 3.62. The minimum absolute atomic E-state index is 0.637. The van der Waals surface area contributed by atoms with E-state index in [1.54, 1.807) is 0 Å². The van der Waals surface area contributed by atoms with Crippen LogP contribution in [0.2, 0.25) is 0 Å². The fraction of sp³-hybridized carbons (Fsp3) is 0.600. The lowest BCUT2D eigenvalue weighted by Gasteiger charge is -2.27. The van der Waals surface area contributed by atoms with Crippen molar-refractivity contribution < 1.29 is 0 Å². The van der Waals surface area contributed by atoms with E-state index in [1.807, 2.05) is 0 Å². The highest BCUT2D eigenvalue weighted by Gasteiger charge is 2.17. The Labute approximate surface area is 105 Å². The van der Waals surface area contributed by atoms with Crippen molar-refractivity contribution in [3.05, 3.63) is 29.3 Å². The summed E-state index contributed by atoms with van der Waals surface area (Å²) in [6, 6.07) is 7.43. The van der Waals surface area contributed by atoms with Crippen LogP contribution in [0.15, 0.2) is 18.2 Å². The van der Waals surface area contributed by atoms with E-state index in [-0.39, 0.29) is 0 Å². The van der Waals surface area contributed by atoms with Crippen LogP contribution in [0.4, 0.5) is 5.69 Å². The van der Waals surface area contributed by atoms with Gasteiger partial charge in [0.05, 0.1) is 0 Å². The molecule has 94 valence electrons. The first-order chi connectivity index (χ1) is 8.20. The summed E-state index contributed by atoms with van der Waals surface area (Å²) in [5.74, 6) is 0. The van der Waals surface area contributed by atoms with Crippen molar-refractivity contribution in [1.29, 1.82) is 0 Å². The largest absolute Gasteiger partial charge is 0.370 e. The number of hydrogen-bond acceptors (Lipinski definition) is 2. The SMILES string of the molecule is CCC1CN(c2ccc(C)cc2C)CCCN1. The average Bonchev–Trinajstić information content (AvgIpc) is 2.54. The smallest absolute Gasteiger partial charge is 0.0396 e. The summed E-state index contributed by atoms with van der Waals surface area (Å²) in [6.45, 7) is 10.1. The molecule has 1 aromatic rings. The fourth-order valence-corrected chi connectivity index (χ4v) is 2.65. The molecule has 0 bridgehead atoms. The van der Waals surface area contributed by atoms with Crippen LogP contribution < -0.4 is 10.2 Å². The van der Waals surface area contributed by atoms with Gasteiger partial charge in [0.1, 0.15) is 0 Å². The van der Waals surface area contributed by atoms with E-state index in [1.165, 1.54) is 36.2 Å². The highest BCUT2D eigenvalue weighted by atomic mass is 15.2. The molecule has 1 N–H and O–H groups in total. The Morgan fingerprint density at radius 1 is 1.35 bits per heavy atom. The molecule has 1 aliphatic rings. The van der Waals surface area contributed by atoms with Crippen LogP contribution >= 0.6 is 0 Å². The third kappa shape index (κ3) is 3.01. The normalized spacial score (nSPS) is 21.4. The van der Waals surface area contributed by atoms with Crippen LogP contribution in [-0.2, 0) is 0 Å². The summed E-state index contributed by atoms with van der Waals surface area (Å²) in [7, 11) is 0. The van der Waals surface area contributed by atoms with Crippen LogP contribution in [0.25, 0.3) is 0 Å². The standard InChI is InChI=1S/C15H24N2/c1-4-14-11-17(9-5-8-16-14)15-7-6-12(2)10-13(15)3/h6-7,10,14,16H,4-5,8-9,11H2,1-3H3. The molecular formula is C15H24N2. The molecule has 1 fully saturated rings. The molecule has 1 heterocycles. The Morgan fingerprint density at radius 2 is 2.18 bits per heavy atom. The van der Waals surface area contributed by atoms with Gasteiger partial charge < -0.3 is 10.2 Å². The maximum Gasteiger partial charge on any atom is 0.0396 e. The van der Waals surface area contributed by atoms with Crippen LogP contribution in [0, 0.1) is 13.8 Å². The lowest BCUT2D eigenvalue weighted by Crippen LogP contribution is -2.37. The molecule has 0 aliphatic carbocycles. The maximum atomic E-state index is 3.62. The molecule has 2 heteroatoms. The first-order valence-electron chi connectivity index (χ1n) is 6.76. The Morgan fingerprint density at radius 3 is 2.88 bits per heavy atom. The number of anilines is 1. The van der Waals surface area contributed by atoms with E-state index in [0.29, 0.717) is 6.04 Å². The Balaban J connectivity index is 2.19. The third-order valence-electron chi connectivity index (χ3n) is 3.66. The van der Waals surface area contributed by atoms with Crippen molar-refractivity contribution in [2.45, 2.75) is 39.7 Å². The lowest BCUT2D eigenvalue weighted by molar-refractivity contribution is 0.528. The molecule has 1 unspecified atom stereocenters. The molecule has 0 radical (unpaired) electrons. The van der Waals surface area contributed by atoms with Crippen molar-refractivity contribution in [3.8, 4) is 0 Å². The molecular weight excluding hydrogens is 208 g/mol. The summed E-state index contributed by atoms with van der Waals surface area (Å²) in [6.07, 6.45) is 2.45. The van der Waals surface area contributed by atoms with Gasteiger partial charge in [-0.3, -0.25) is 0 Å². The van der Waals surface area contributed by atoms with Gasteiger partial charge in [-0.1, -0.05) is 24.6 Å². The predicted molar refractivity (Wildman–Crippen MR) is 74.8 cm³/mol. The van der Waals surface area contributed by atoms with Gasteiger partial charge in [-0.05, 0) is 44.9 Å². The monoisotopic (exact) mass is 232 g/mol. The van der Waals surface area contributed by atoms with Crippen molar-refractivity contribution in [1.82, 2.24) is 5.32 Å². The number of rotatable bonds is 2. The summed E-state index contributed by atoms with van der Waals surface area (Å²) >= 11 is 0.